The van der Waals surface area contributed by atoms with Gasteiger partial charge in [0.1, 0.15) is 6.61 Å². The molecule has 0 aromatic heterocycles. The topological polar surface area (TPSA) is 75.6 Å². The molecule has 0 aliphatic heterocycles. The monoisotopic (exact) mass is 271 g/mol. The average molecular weight is 271 g/mol. The Bertz CT molecular complexity index is 287. The lowest BCUT2D eigenvalue weighted by Gasteiger charge is -2.27. The van der Waals surface area contributed by atoms with Crippen LogP contribution in [0.1, 0.15) is 45.4 Å². The lowest BCUT2D eigenvalue weighted by atomic mass is 9.79. The van der Waals surface area contributed by atoms with Gasteiger partial charge >= 0.3 is 5.97 Å². The zero-order valence-electron chi connectivity index (χ0n) is 11.7. The molecule has 1 rings (SSSR count). The van der Waals surface area contributed by atoms with E-state index in [0.29, 0.717) is 24.8 Å². The number of hydrogen-bond donors (Lipinski definition) is 2. The van der Waals surface area contributed by atoms with Gasteiger partial charge in [0.15, 0.2) is 0 Å². The van der Waals surface area contributed by atoms with Crippen LogP contribution < -0.4 is 5.32 Å². The standard InChI is InChI=1S/C14H25NO4/c1-11(12-5-3-2-4-6-12)9-13(16)15-7-8-19-10-14(17)18/h11-12H,2-10H2,1H3,(H,15,16)(H,17,18). The summed E-state index contributed by atoms with van der Waals surface area (Å²) in [7, 11) is 0. The summed E-state index contributed by atoms with van der Waals surface area (Å²) < 4.78 is 4.85. The molecule has 1 aliphatic carbocycles. The van der Waals surface area contributed by atoms with E-state index >= 15 is 0 Å². The predicted molar refractivity (Wildman–Crippen MR) is 71.8 cm³/mol. The fourth-order valence-corrected chi connectivity index (χ4v) is 2.66. The highest BCUT2D eigenvalue weighted by Gasteiger charge is 2.21. The highest BCUT2D eigenvalue weighted by Crippen LogP contribution is 2.31. The van der Waals surface area contributed by atoms with Crippen molar-refractivity contribution in [2.45, 2.75) is 45.4 Å². The van der Waals surface area contributed by atoms with Gasteiger partial charge in [-0.25, -0.2) is 4.79 Å². The molecule has 2 N–H and O–H groups in total. The van der Waals surface area contributed by atoms with Crippen LogP contribution in [0.3, 0.4) is 0 Å². The number of carbonyl (C=O) groups excluding carboxylic acids is 1. The molecule has 1 amide bonds. The molecule has 0 radical (unpaired) electrons. The van der Waals surface area contributed by atoms with Gasteiger partial charge in [-0.15, -0.1) is 0 Å². The quantitative estimate of drug-likeness (QED) is 0.660. The number of carboxylic acids is 1. The van der Waals surface area contributed by atoms with E-state index in [4.69, 9.17) is 9.84 Å². The smallest absolute Gasteiger partial charge is 0.329 e. The summed E-state index contributed by atoms with van der Waals surface area (Å²) in [4.78, 5) is 21.9. The van der Waals surface area contributed by atoms with Crippen LogP contribution in [-0.2, 0) is 14.3 Å². The molecule has 0 aromatic carbocycles. The van der Waals surface area contributed by atoms with Crippen LogP contribution in [0.2, 0.25) is 0 Å². The summed E-state index contributed by atoms with van der Waals surface area (Å²) in [5.41, 5.74) is 0. The number of rotatable bonds is 8. The number of amides is 1. The van der Waals surface area contributed by atoms with Gasteiger partial charge in [-0.05, 0) is 11.8 Å². The molecule has 1 unspecified atom stereocenters. The van der Waals surface area contributed by atoms with E-state index in [-0.39, 0.29) is 19.1 Å². The lowest BCUT2D eigenvalue weighted by molar-refractivity contribution is -0.142. The molecule has 0 bridgehead atoms. The Kier molecular flexibility index (Phi) is 7.48. The molecule has 0 aromatic rings. The SMILES string of the molecule is CC(CC(=O)NCCOCC(=O)O)C1CCCCC1. The summed E-state index contributed by atoms with van der Waals surface area (Å²) in [6.45, 7) is 2.46. The predicted octanol–water partition coefficient (Wildman–Crippen LogP) is 1.81. The van der Waals surface area contributed by atoms with Gasteiger partial charge in [0.25, 0.3) is 0 Å². The third kappa shape index (κ3) is 7.15. The minimum absolute atomic E-state index is 0.0389. The molecule has 0 heterocycles. The van der Waals surface area contributed by atoms with Crippen LogP contribution >= 0.6 is 0 Å². The normalized spacial score (nSPS) is 17.9. The van der Waals surface area contributed by atoms with Crippen molar-refractivity contribution in [1.29, 1.82) is 0 Å². The number of hydrogen-bond acceptors (Lipinski definition) is 3. The number of ether oxygens (including phenoxy) is 1. The van der Waals surface area contributed by atoms with E-state index < -0.39 is 5.97 Å². The summed E-state index contributed by atoms with van der Waals surface area (Å²) in [5, 5.41) is 11.1. The second kappa shape index (κ2) is 8.91. The molecule has 1 saturated carbocycles. The zero-order chi connectivity index (χ0) is 14.1. The average Bonchev–Trinajstić information content (AvgIpc) is 2.39. The fourth-order valence-electron chi connectivity index (χ4n) is 2.66. The summed E-state index contributed by atoms with van der Waals surface area (Å²) in [5.74, 6) is 0.164. The Labute approximate surface area is 114 Å². The molecule has 5 heteroatoms. The van der Waals surface area contributed by atoms with Crippen LogP contribution in [0.25, 0.3) is 0 Å². The van der Waals surface area contributed by atoms with Crippen molar-refractivity contribution < 1.29 is 19.4 Å². The van der Waals surface area contributed by atoms with Gasteiger partial charge in [-0.3, -0.25) is 4.79 Å². The van der Waals surface area contributed by atoms with E-state index in [1.807, 2.05) is 0 Å². The summed E-state index contributed by atoms with van der Waals surface area (Å²) in [6, 6.07) is 0. The number of nitrogens with one attached hydrogen (secondary N) is 1. The van der Waals surface area contributed by atoms with Crippen molar-refractivity contribution in [1.82, 2.24) is 5.32 Å². The highest BCUT2D eigenvalue weighted by molar-refractivity contribution is 5.76. The van der Waals surface area contributed by atoms with Gasteiger partial charge in [0, 0.05) is 13.0 Å². The molecule has 0 spiro atoms. The van der Waals surface area contributed by atoms with Gasteiger partial charge in [-0.2, -0.15) is 0 Å². The maximum atomic E-state index is 11.7. The molecule has 5 nitrogen and oxygen atoms in total. The van der Waals surface area contributed by atoms with E-state index in [2.05, 4.69) is 12.2 Å². The highest BCUT2D eigenvalue weighted by atomic mass is 16.5. The molecule has 1 atom stereocenters. The van der Waals surface area contributed by atoms with Gasteiger partial charge < -0.3 is 15.2 Å². The fraction of sp³-hybridized carbons (Fsp3) is 0.857. The molecular weight excluding hydrogens is 246 g/mol. The van der Waals surface area contributed by atoms with Gasteiger partial charge in [0.2, 0.25) is 5.91 Å². The number of carboxylic acid groups (broad SMARTS) is 1. The van der Waals surface area contributed by atoms with Crippen LogP contribution in [0, 0.1) is 11.8 Å². The first-order chi connectivity index (χ1) is 9.09. The molecule has 0 saturated heterocycles. The number of carbonyl (C=O) groups is 2. The van der Waals surface area contributed by atoms with Crippen LogP contribution in [-0.4, -0.2) is 36.7 Å². The Balaban J connectivity index is 2.07. The molecular formula is C14H25NO4. The van der Waals surface area contributed by atoms with Gasteiger partial charge in [-0.1, -0.05) is 39.0 Å². The van der Waals surface area contributed by atoms with E-state index in [0.717, 1.165) is 0 Å². The maximum absolute atomic E-state index is 11.7. The summed E-state index contributed by atoms with van der Waals surface area (Å²) >= 11 is 0. The Morgan fingerprint density at radius 3 is 2.63 bits per heavy atom. The van der Waals surface area contributed by atoms with Crippen LogP contribution in [0.5, 0.6) is 0 Å². The first-order valence-electron chi connectivity index (χ1n) is 7.16. The minimum Gasteiger partial charge on any atom is -0.480 e. The second-order valence-corrected chi connectivity index (χ2v) is 5.38. The summed E-state index contributed by atoms with van der Waals surface area (Å²) in [6.07, 6.45) is 6.96. The van der Waals surface area contributed by atoms with E-state index in [9.17, 15) is 9.59 Å². The molecule has 1 aliphatic rings. The van der Waals surface area contributed by atoms with Crippen molar-refractivity contribution in [2.75, 3.05) is 19.8 Å². The van der Waals surface area contributed by atoms with Crippen LogP contribution in [0.4, 0.5) is 0 Å². The second-order valence-electron chi connectivity index (χ2n) is 5.38. The van der Waals surface area contributed by atoms with E-state index in [1.54, 1.807) is 0 Å². The van der Waals surface area contributed by atoms with Gasteiger partial charge in [0.05, 0.1) is 6.61 Å². The number of aliphatic carboxylic acids is 1. The van der Waals surface area contributed by atoms with Crippen molar-refractivity contribution in [2.24, 2.45) is 11.8 Å². The lowest BCUT2D eigenvalue weighted by Crippen LogP contribution is -2.30. The minimum atomic E-state index is -0.989. The Morgan fingerprint density at radius 2 is 2.00 bits per heavy atom. The first-order valence-corrected chi connectivity index (χ1v) is 7.16. The molecule has 1 fully saturated rings. The third-order valence-corrected chi connectivity index (χ3v) is 3.76. The Hall–Kier alpha value is -1.10. The zero-order valence-corrected chi connectivity index (χ0v) is 11.7. The largest absolute Gasteiger partial charge is 0.480 e. The Morgan fingerprint density at radius 1 is 1.32 bits per heavy atom. The molecule has 19 heavy (non-hydrogen) atoms. The first kappa shape index (κ1) is 16.0. The van der Waals surface area contributed by atoms with Crippen LogP contribution in [0.15, 0.2) is 0 Å². The molecule has 110 valence electrons. The van der Waals surface area contributed by atoms with Crippen molar-refractivity contribution in [3.8, 4) is 0 Å². The van der Waals surface area contributed by atoms with Crippen molar-refractivity contribution >= 4 is 11.9 Å². The maximum Gasteiger partial charge on any atom is 0.329 e. The third-order valence-electron chi connectivity index (χ3n) is 3.76. The van der Waals surface area contributed by atoms with E-state index in [1.165, 1.54) is 32.1 Å². The van der Waals surface area contributed by atoms with Crippen molar-refractivity contribution in [3.05, 3.63) is 0 Å². The van der Waals surface area contributed by atoms with Crippen molar-refractivity contribution in [3.63, 3.8) is 0 Å².